The van der Waals surface area contributed by atoms with Gasteiger partial charge in [-0.25, -0.2) is 0 Å². The lowest BCUT2D eigenvalue weighted by molar-refractivity contribution is 0.0695. The van der Waals surface area contributed by atoms with E-state index in [0.717, 1.165) is 30.5 Å². The fraction of sp³-hybridized carbons (Fsp3) is 0.348. The third-order valence-electron chi connectivity index (χ3n) is 5.44. The Labute approximate surface area is 175 Å². The van der Waals surface area contributed by atoms with Crippen molar-refractivity contribution in [2.75, 3.05) is 27.3 Å². The van der Waals surface area contributed by atoms with E-state index in [1.54, 1.807) is 14.2 Å². The Kier molecular flexibility index (Phi) is 5.70. The molecule has 0 aliphatic carbocycles. The molecule has 7 nitrogen and oxygen atoms in total. The molecule has 4 rings (SSSR count). The number of carbonyl (C=O) groups excluding carboxylic acids is 1. The van der Waals surface area contributed by atoms with Gasteiger partial charge >= 0.3 is 0 Å². The topological polar surface area (TPSA) is 77.7 Å². The Bertz CT molecular complexity index is 1030. The maximum Gasteiger partial charge on any atom is 0.253 e. The Morgan fingerprint density at radius 2 is 1.87 bits per heavy atom. The largest absolute Gasteiger partial charge is 0.493 e. The Morgan fingerprint density at radius 1 is 1.10 bits per heavy atom. The molecule has 2 aromatic carbocycles. The first-order chi connectivity index (χ1) is 14.6. The van der Waals surface area contributed by atoms with E-state index in [0.29, 0.717) is 35.3 Å². The second-order valence-corrected chi connectivity index (χ2v) is 7.48. The average molecular weight is 407 g/mol. The van der Waals surface area contributed by atoms with E-state index in [1.165, 1.54) is 0 Å². The molecular formula is C23H25N3O4. The first-order valence-electron chi connectivity index (χ1n) is 10.0. The van der Waals surface area contributed by atoms with E-state index in [9.17, 15) is 4.79 Å². The van der Waals surface area contributed by atoms with Crippen LogP contribution >= 0.6 is 0 Å². The zero-order chi connectivity index (χ0) is 21.1. The van der Waals surface area contributed by atoms with Gasteiger partial charge in [0.25, 0.3) is 5.91 Å². The van der Waals surface area contributed by atoms with Gasteiger partial charge in [0.05, 0.1) is 20.1 Å². The molecule has 2 heterocycles. The molecule has 0 spiro atoms. The van der Waals surface area contributed by atoms with Gasteiger partial charge in [-0.2, -0.15) is 4.98 Å². The highest BCUT2D eigenvalue weighted by molar-refractivity contribution is 5.94. The smallest absolute Gasteiger partial charge is 0.253 e. The lowest BCUT2D eigenvalue weighted by Crippen LogP contribution is -2.39. The zero-order valence-electron chi connectivity index (χ0n) is 17.4. The quantitative estimate of drug-likeness (QED) is 0.634. The van der Waals surface area contributed by atoms with Crippen LogP contribution in [-0.4, -0.2) is 48.3 Å². The van der Waals surface area contributed by atoms with Crippen LogP contribution in [0.15, 0.2) is 47.0 Å². The molecule has 1 aliphatic rings. The average Bonchev–Trinajstić information content (AvgIpc) is 3.29. The fourth-order valence-electron chi connectivity index (χ4n) is 3.74. The molecule has 0 saturated carbocycles. The number of nitrogens with zero attached hydrogens (tertiary/aromatic N) is 3. The molecular weight excluding hydrogens is 382 g/mol. The highest BCUT2D eigenvalue weighted by atomic mass is 16.5. The molecule has 1 aliphatic heterocycles. The monoisotopic (exact) mass is 407 g/mol. The summed E-state index contributed by atoms with van der Waals surface area (Å²) in [5.41, 5.74) is 2.63. The van der Waals surface area contributed by atoms with Crippen LogP contribution in [0.5, 0.6) is 11.5 Å². The number of carbonyl (C=O) groups is 1. The van der Waals surface area contributed by atoms with Crippen molar-refractivity contribution in [2.24, 2.45) is 0 Å². The van der Waals surface area contributed by atoms with Crippen molar-refractivity contribution >= 4 is 5.91 Å². The number of piperidine rings is 1. The highest BCUT2D eigenvalue weighted by Crippen LogP contribution is 2.33. The fourth-order valence-corrected chi connectivity index (χ4v) is 3.74. The minimum absolute atomic E-state index is 0.0227. The van der Waals surface area contributed by atoms with Gasteiger partial charge in [-0.1, -0.05) is 22.9 Å². The summed E-state index contributed by atoms with van der Waals surface area (Å²) >= 11 is 0. The third kappa shape index (κ3) is 4.01. The molecule has 7 heteroatoms. The molecule has 1 saturated heterocycles. The van der Waals surface area contributed by atoms with Crippen molar-refractivity contribution in [2.45, 2.75) is 25.7 Å². The number of aryl methyl sites for hydroxylation is 1. The van der Waals surface area contributed by atoms with Crippen LogP contribution in [0.2, 0.25) is 0 Å². The van der Waals surface area contributed by atoms with Crippen molar-refractivity contribution in [1.82, 2.24) is 15.0 Å². The normalized spacial score (nSPS) is 16.4. The first-order valence-corrected chi connectivity index (χ1v) is 10.0. The van der Waals surface area contributed by atoms with Crippen LogP contribution in [0.4, 0.5) is 0 Å². The van der Waals surface area contributed by atoms with Gasteiger partial charge in [0.2, 0.25) is 11.7 Å². The molecule has 30 heavy (non-hydrogen) atoms. The highest BCUT2D eigenvalue weighted by Gasteiger charge is 2.29. The van der Waals surface area contributed by atoms with Crippen molar-refractivity contribution in [1.29, 1.82) is 0 Å². The van der Waals surface area contributed by atoms with Gasteiger partial charge in [-0.15, -0.1) is 0 Å². The minimum atomic E-state index is 0.0227. The molecule has 1 aromatic heterocycles. The van der Waals surface area contributed by atoms with Crippen LogP contribution in [0.25, 0.3) is 11.4 Å². The van der Waals surface area contributed by atoms with E-state index in [-0.39, 0.29) is 11.8 Å². The molecule has 0 bridgehead atoms. The SMILES string of the molecule is COc1ccc(-c2noc(C3CCCN(C(=O)c4ccc(C)cc4)C3)n2)cc1OC. The van der Waals surface area contributed by atoms with Crippen molar-refractivity contribution in [3.05, 3.63) is 59.5 Å². The van der Waals surface area contributed by atoms with Crippen LogP contribution in [0.1, 0.15) is 40.6 Å². The number of likely N-dealkylation sites (tertiary alicyclic amines) is 1. The zero-order valence-corrected chi connectivity index (χ0v) is 17.4. The molecule has 3 aromatic rings. The van der Waals surface area contributed by atoms with Gasteiger partial charge in [0.15, 0.2) is 11.5 Å². The molecule has 0 radical (unpaired) electrons. The summed E-state index contributed by atoms with van der Waals surface area (Å²) in [6.07, 6.45) is 1.81. The Hall–Kier alpha value is -3.35. The molecule has 1 amide bonds. The second kappa shape index (κ2) is 8.57. The van der Waals surface area contributed by atoms with Crippen molar-refractivity contribution < 1.29 is 18.8 Å². The van der Waals surface area contributed by atoms with E-state index in [4.69, 9.17) is 14.0 Å². The number of aromatic nitrogens is 2. The molecule has 1 fully saturated rings. The van der Waals surface area contributed by atoms with Crippen LogP contribution in [-0.2, 0) is 0 Å². The molecule has 1 atom stereocenters. The second-order valence-electron chi connectivity index (χ2n) is 7.48. The lowest BCUT2D eigenvalue weighted by Gasteiger charge is -2.31. The van der Waals surface area contributed by atoms with Gasteiger partial charge < -0.3 is 18.9 Å². The number of methoxy groups -OCH3 is 2. The van der Waals surface area contributed by atoms with Crippen LogP contribution < -0.4 is 9.47 Å². The predicted octanol–water partition coefficient (Wildman–Crippen LogP) is 4.08. The number of ether oxygens (including phenoxy) is 2. The summed E-state index contributed by atoms with van der Waals surface area (Å²) in [5.74, 6) is 2.36. The van der Waals surface area contributed by atoms with E-state index >= 15 is 0 Å². The van der Waals surface area contributed by atoms with Crippen LogP contribution in [0, 0.1) is 6.92 Å². The van der Waals surface area contributed by atoms with Gasteiger partial charge in [-0.3, -0.25) is 4.79 Å². The first kappa shape index (κ1) is 19.9. The number of benzene rings is 2. The summed E-state index contributed by atoms with van der Waals surface area (Å²) in [5, 5.41) is 4.14. The number of hydrogen-bond donors (Lipinski definition) is 0. The summed E-state index contributed by atoms with van der Waals surface area (Å²) in [6, 6.07) is 13.2. The minimum Gasteiger partial charge on any atom is -0.493 e. The van der Waals surface area contributed by atoms with Gasteiger partial charge in [0.1, 0.15) is 0 Å². The predicted molar refractivity (Wildman–Crippen MR) is 112 cm³/mol. The lowest BCUT2D eigenvalue weighted by atomic mass is 9.97. The summed E-state index contributed by atoms with van der Waals surface area (Å²) in [6.45, 7) is 3.32. The van der Waals surface area contributed by atoms with Crippen molar-refractivity contribution in [3.63, 3.8) is 0 Å². The summed E-state index contributed by atoms with van der Waals surface area (Å²) in [7, 11) is 3.18. The van der Waals surface area contributed by atoms with E-state index in [1.807, 2.05) is 54.3 Å². The van der Waals surface area contributed by atoms with Crippen molar-refractivity contribution in [3.8, 4) is 22.9 Å². The van der Waals surface area contributed by atoms with E-state index in [2.05, 4.69) is 10.1 Å². The number of amides is 1. The van der Waals surface area contributed by atoms with Crippen LogP contribution in [0.3, 0.4) is 0 Å². The summed E-state index contributed by atoms with van der Waals surface area (Å²) in [4.78, 5) is 19.4. The van der Waals surface area contributed by atoms with E-state index < -0.39 is 0 Å². The number of rotatable bonds is 5. The summed E-state index contributed by atoms with van der Waals surface area (Å²) < 4.78 is 16.2. The molecule has 0 N–H and O–H groups in total. The maximum absolute atomic E-state index is 12.9. The standard InChI is InChI=1S/C23H25N3O4/c1-15-6-8-16(9-7-15)23(27)26-12-4-5-18(14-26)22-24-21(25-30-22)17-10-11-19(28-2)20(13-17)29-3/h6-11,13,18H,4-5,12,14H2,1-3H3. The maximum atomic E-state index is 12.9. The number of hydrogen-bond acceptors (Lipinski definition) is 6. The van der Waals surface area contributed by atoms with Gasteiger partial charge in [-0.05, 0) is 50.1 Å². The molecule has 156 valence electrons. The molecule has 1 unspecified atom stereocenters. The third-order valence-corrected chi connectivity index (χ3v) is 5.44. The Balaban J connectivity index is 1.50. The van der Waals surface area contributed by atoms with Gasteiger partial charge in [0, 0.05) is 24.2 Å². The Morgan fingerprint density at radius 3 is 2.60 bits per heavy atom.